The molecule has 1 aliphatic heterocycles. The SMILES string of the molecule is CCNC1COCC1C(=O)NCC(=O)N(C)C. The van der Waals surface area contributed by atoms with Crippen LogP contribution in [0.5, 0.6) is 0 Å². The number of carbonyl (C=O) groups excluding carboxylic acids is 2. The van der Waals surface area contributed by atoms with Gasteiger partial charge in [0, 0.05) is 20.1 Å². The fourth-order valence-corrected chi connectivity index (χ4v) is 1.73. The van der Waals surface area contributed by atoms with Gasteiger partial charge in [0.2, 0.25) is 11.8 Å². The minimum absolute atomic E-state index is 0.0428. The van der Waals surface area contributed by atoms with E-state index in [-0.39, 0.29) is 30.3 Å². The maximum Gasteiger partial charge on any atom is 0.241 e. The second kappa shape index (κ2) is 6.56. The van der Waals surface area contributed by atoms with Gasteiger partial charge in [-0.15, -0.1) is 0 Å². The van der Waals surface area contributed by atoms with Crippen LogP contribution >= 0.6 is 0 Å². The Bertz CT molecular complexity index is 281. The third-order valence-electron chi connectivity index (χ3n) is 2.80. The summed E-state index contributed by atoms with van der Waals surface area (Å²) in [6, 6.07) is 0.0504. The Morgan fingerprint density at radius 3 is 2.65 bits per heavy atom. The minimum atomic E-state index is -0.204. The van der Waals surface area contributed by atoms with E-state index in [2.05, 4.69) is 10.6 Å². The van der Waals surface area contributed by atoms with E-state index >= 15 is 0 Å². The van der Waals surface area contributed by atoms with Crippen molar-refractivity contribution in [1.82, 2.24) is 15.5 Å². The number of nitrogens with one attached hydrogen (secondary N) is 2. The van der Waals surface area contributed by atoms with Crippen LogP contribution in [-0.2, 0) is 14.3 Å². The molecule has 98 valence electrons. The van der Waals surface area contributed by atoms with Crippen LogP contribution in [0.3, 0.4) is 0 Å². The lowest BCUT2D eigenvalue weighted by Gasteiger charge is -2.18. The Morgan fingerprint density at radius 1 is 1.35 bits per heavy atom. The number of nitrogens with zero attached hydrogens (tertiary/aromatic N) is 1. The van der Waals surface area contributed by atoms with E-state index in [0.717, 1.165) is 6.54 Å². The van der Waals surface area contributed by atoms with Gasteiger partial charge in [-0.1, -0.05) is 6.92 Å². The lowest BCUT2D eigenvalue weighted by atomic mass is 10.0. The standard InChI is InChI=1S/C11H21N3O3/c1-4-12-9-7-17-6-8(9)11(16)13-5-10(15)14(2)3/h8-9,12H,4-7H2,1-3H3,(H,13,16). The van der Waals surface area contributed by atoms with Crippen molar-refractivity contribution in [1.29, 1.82) is 0 Å². The van der Waals surface area contributed by atoms with Gasteiger partial charge >= 0.3 is 0 Å². The second-order valence-electron chi connectivity index (χ2n) is 4.31. The Hall–Kier alpha value is -1.14. The zero-order valence-corrected chi connectivity index (χ0v) is 10.7. The molecule has 1 heterocycles. The van der Waals surface area contributed by atoms with Crippen molar-refractivity contribution in [2.75, 3.05) is 40.4 Å². The molecule has 0 saturated carbocycles. The highest BCUT2D eigenvalue weighted by molar-refractivity contribution is 5.86. The smallest absolute Gasteiger partial charge is 0.241 e. The first-order valence-corrected chi connectivity index (χ1v) is 5.85. The minimum Gasteiger partial charge on any atom is -0.379 e. The molecule has 17 heavy (non-hydrogen) atoms. The molecule has 2 unspecified atom stereocenters. The zero-order valence-electron chi connectivity index (χ0n) is 10.7. The maximum absolute atomic E-state index is 11.9. The third kappa shape index (κ3) is 3.98. The Kier molecular flexibility index (Phi) is 5.37. The molecule has 2 amide bonds. The fourth-order valence-electron chi connectivity index (χ4n) is 1.73. The topological polar surface area (TPSA) is 70.7 Å². The molecule has 0 radical (unpaired) electrons. The van der Waals surface area contributed by atoms with Crippen LogP contribution in [0, 0.1) is 5.92 Å². The van der Waals surface area contributed by atoms with Crippen LogP contribution in [-0.4, -0.2) is 63.2 Å². The van der Waals surface area contributed by atoms with E-state index in [9.17, 15) is 9.59 Å². The van der Waals surface area contributed by atoms with Gasteiger partial charge in [-0.25, -0.2) is 0 Å². The van der Waals surface area contributed by atoms with E-state index in [0.29, 0.717) is 13.2 Å². The normalized spacial score (nSPS) is 23.5. The number of likely N-dealkylation sites (N-methyl/N-ethyl adjacent to an activating group) is 2. The molecule has 6 heteroatoms. The molecule has 0 bridgehead atoms. The van der Waals surface area contributed by atoms with Crippen molar-refractivity contribution >= 4 is 11.8 Å². The number of ether oxygens (including phenoxy) is 1. The highest BCUT2D eigenvalue weighted by Gasteiger charge is 2.33. The van der Waals surface area contributed by atoms with Crippen LogP contribution in [0.1, 0.15) is 6.92 Å². The molecule has 1 aliphatic rings. The van der Waals surface area contributed by atoms with Crippen LogP contribution in [0.25, 0.3) is 0 Å². The van der Waals surface area contributed by atoms with Gasteiger partial charge in [0.25, 0.3) is 0 Å². The highest BCUT2D eigenvalue weighted by atomic mass is 16.5. The summed E-state index contributed by atoms with van der Waals surface area (Å²) in [5.74, 6) is -0.439. The van der Waals surface area contributed by atoms with Crippen LogP contribution in [0.15, 0.2) is 0 Å². The van der Waals surface area contributed by atoms with Crippen molar-refractivity contribution < 1.29 is 14.3 Å². The lowest BCUT2D eigenvalue weighted by molar-refractivity contribution is -0.132. The molecule has 2 atom stereocenters. The molecule has 1 saturated heterocycles. The summed E-state index contributed by atoms with van der Waals surface area (Å²) < 4.78 is 5.28. The first-order chi connectivity index (χ1) is 8.06. The van der Waals surface area contributed by atoms with Crippen LogP contribution in [0.2, 0.25) is 0 Å². The fraction of sp³-hybridized carbons (Fsp3) is 0.818. The van der Waals surface area contributed by atoms with Gasteiger partial charge in [-0.05, 0) is 6.54 Å². The van der Waals surface area contributed by atoms with E-state index in [4.69, 9.17) is 4.74 Å². The number of rotatable bonds is 5. The third-order valence-corrected chi connectivity index (χ3v) is 2.80. The molecule has 0 aromatic heterocycles. The average molecular weight is 243 g/mol. The average Bonchev–Trinajstić information content (AvgIpc) is 2.74. The van der Waals surface area contributed by atoms with Gasteiger partial charge < -0.3 is 20.3 Å². The summed E-state index contributed by atoms with van der Waals surface area (Å²) in [5, 5.41) is 5.85. The van der Waals surface area contributed by atoms with Crippen LogP contribution < -0.4 is 10.6 Å². The number of hydrogen-bond acceptors (Lipinski definition) is 4. The first-order valence-electron chi connectivity index (χ1n) is 5.85. The monoisotopic (exact) mass is 243 g/mol. The molecule has 2 N–H and O–H groups in total. The van der Waals surface area contributed by atoms with Crippen molar-refractivity contribution in [2.45, 2.75) is 13.0 Å². The quantitative estimate of drug-likeness (QED) is 0.637. The number of amides is 2. The van der Waals surface area contributed by atoms with E-state index in [1.54, 1.807) is 14.1 Å². The Balaban J connectivity index is 2.39. The maximum atomic E-state index is 11.9. The van der Waals surface area contributed by atoms with Crippen molar-refractivity contribution in [2.24, 2.45) is 5.92 Å². The van der Waals surface area contributed by atoms with Gasteiger partial charge in [-0.2, -0.15) is 0 Å². The highest BCUT2D eigenvalue weighted by Crippen LogP contribution is 2.13. The van der Waals surface area contributed by atoms with E-state index < -0.39 is 0 Å². The Morgan fingerprint density at radius 2 is 2.06 bits per heavy atom. The van der Waals surface area contributed by atoms with Crippen molar-refractivity contribution in [3.05, 3.63) is 0 Å². The zero-order chi connectivity index (χ0) is 12.8. The molecule has 1 fully saturated rings. The van der Waals surface area contributed by atoms with E-state index in [1.165, 1.54) is 4.90 Å². The lowest BCUT2D eigenvalue weighted by Crippen LogP contribution is -2.46. The van der Waals surface area contributed by atoms with E-state index in [1.807, 2.05) is 6.92 Å². The summed E-state index contributed by atoms with van der Waals surface area (Å²) in [5.41, 5.74) is 0. The van der Waals surface area contributed by atoms with Crippen LogP contribution in [0.4, 0.5) is 0 Å². The molecule has 0 aliphatic carbocycles. The molecular weight excluding hydrogens is 222 g/mol. The summed E-state index contributed by atoms with van der Waals surface area (Å²) in [6.07, 6.45) is 0. The molecule has 0 aromatic carbocycles. The molecule has 0 aromatic rings. The Labute approximate surface area is 102 Å². The van der Waals surface area contributed by atoms with Gasteiger partial charge in [0.05, 0.1) is 25.7 Å². The van der Waals surface area contributed by atoms with Gasteiger partial charge in [0.1, 0.15) is 0 Å². The van der Waals surface area contributed by atoms with Gasteiger partial charge in [0.15, 0.2) is 0 Å². The molecule has 0 spiro atoms. The van der Waals surface area contributed by atoms with Crippen molar-refractivity contribution in [3.63, 3.8) is 0 Å². The molecule has 1 rings (SSSR count). The summed E-state index contributed by atoms with van der Waals surface area (Å²) in [6.45, 7) is 3.80. The van der Waals surface area contributed by atoms with Gasteiger partial charge in [-0.3, -0.25) is 9.59 Å². The predicted octanol–water partition coefficient (Wildman–Crippen LogP) is -1.18. The van der Waals surface area contributed by atoms with Crippen molar-refractivity contribution in [3.8, 4) is 0 Å². The second-order valence-corrected chi connectivity index (χ2v) is 4.31. The summed E-state index contributed by atoms with van der Waals surface area (Å²) >= 11 is 0. The predicted molar refractivity (Wildman–Crippen MR) is 63.5 cm³/mol. The molecular formula is C11H21N3O3. The number of hydrogen-bond donors (Lipinski definition) is 2. The first kappa shape index (κ1) is 13.9. The summed E-state index contributed by atoms with van der Waals surface area (Å²) in [4.78, 5) is 24.6. The number of carbonyl (C=O) groups is 2. The molecule has 6 nitrogen and oxygen atoms in total. The largest absolute Gasteiger partial charge is 0.379 e. The summed E-state index contributed by atoms with van der Waals surface area (Å²) in [7, 11) is 3.32.